The number of nitrogens with zero attached hydrogens (tertiary/aromatic N) is 3. The minimum absolute atomic E-state index is 0.445. The van der Waals surface area contributed by atoms with Gasteiger partial charge in [0.05, 0.1) is 6.10 Å². The lowest BCUT2D eigenvalue weighted by Crippen LogP contribution is -2.22. The smallest absolute Gasteiger partial charge is 0.158 e. The number of hydrogen-bond donors (Lipinski definition) is 2. The van der Waals surface area contributed by atoms with Gasteiger partial charge in [0.25, 0.3) is 0 Å². The number of rotatable bonds is 4. The molecule has 5 nitrogen and oxygen atoms in total. The van der Waals surface area contributed by atoms with E-state index in [-0.39, 0.29) is 0 Å². The second-order valence-corrected chi connectivity index (χ2v) is 1.97. The third-order valence-corrected chi connectivity index (χ3v) is 1.10. The largest absolute Gasteiger partial charge is 0.390 e. The van der Waals surface area contributed by atoms with Crippen LogP contribution in [0.1, 0.15) is 19.8 Å². The van der Waals surface area contributed by atoms with Gasteiger partial charge in [-0.3, -0.25) is 0 Å². The monoisotopic (exact) mass is 145 g/mol. The van der Waals surface area contributed by atoms with Crippen molar-refractivity contribution in [2.45, 2.75) is 32.1 Å². The summed E-state index contributed by atoms with van der Waals surface area (Å²) in [5, 5.41) is 20.6. The van der Waals surface area contributed by atoms with Gasteiger partial charge in [0.2, 0.25) is 0 Å². The number of hydrogen-bond acceptors (Lipinski definition) is 3. The van der Waals surface area contributed by atoms with Crippen LogP contribution in [0.4, 0.5) is 0 Å². The lowest BCUT2D eigenvalue weighted by atomic mass is 10.2. The molecular weight excluding hydrogens is 134 g/mol. The Morgan fingerprint density at radius 2 is 2.20 bits per heavy atom. The fourth-order valence-corrected chi connectivity index (χ4v) is 0.575. The molecule has 58 valence electrons. The lowest BCUT2D eigenvalue weighted by molar-refractivity contribution is 0.0188. The standard InChI is InChI=1S/C5H11N3O2/c1-2-3-4(9)5(10)7-8-6/h4-5,9-10H,2-3H2,1H3/t4-,5-/m0/s1. The molecule has 10 heavy (non-hydrogen) atoms. The Bertz CT molecular complexity index is 133. The molecule has 2 atom stereocenters. The van der Waals surface area contributed by atoms with Crippen molar-refractivity contribution in [3.63, 3.8) is 0 Å². The van der Waals surface area contributed by atoms with Crippen LogP contribution in [-0.4, -0.2) is 22.5 Å². The molecule has 0 saturated carbocycles. The van der Waals surface area contributed by atoms with Crippen molar-refractivity contribution < 1.29 is 10.2 Å². The topological polar surface area (TPSA) is 89.2 Å². The SMILES string of the molecule is CCC[C@H](O)[C@H](O)N=[N+]=[N-]. The summed E-state index contributed by atoms with van der Waals surface area (Å²) in [5.41, 5.74) is 7.84. The van der Waals surface area contributed by atoms with Crippen LogP contribution in [0.2, 0.25) is 0 Å². The summed E-state index contributed by atoms with van der Waals surface area (Å²) in [5.74, 6) is 0. The van der Waals surface area contributed by atoms with E-state index in [1.165, 1.54) is 0 Å². The van der Waals surface area contributed by atoms with E-state index in [4.69, 9.17) is 15.7 Å². The predicted molar refractivity (Wildman–Crippen MR) is 36.1 cm³/mol. The predicted octanol–water partition coefficient (Wildman–Crippen LogP) is 0.776. The van der Waals surface area contributed by atoms with Gasteiger partial charge in [-0.2, -0.15) is 0 Å². The maximum absolute atomic E-state index is 8.93. The molecule has 0 bridgehead atoms. The summed E-state index contributed by atoms with van der Waals surface area (Å²) in [6.07, 6.45) is -1.04. The summed E-state index contributed by atoms with van der Waals surface area (Å²) in [4.78, 5) is 2.35. The van der Waals surface area contributed by atoms with Gasteiger partial charge in [-0.15, -0.1) is 0 Å². The maximum atomic E-state index is 8.93. The highest BCUT2D eigenvalue weighted by atomic mass is 16.3. The van der Waals surface area contributed by atoms with E-state index in [1.807, 2.05) is 6.92 Å². The molecule has 0 fully saturated rings. The van der Waals surface area contributed by atoms with Gasteiger partial charge in [0.1, 0.15) is 0 Å². The van der Waals surface area contributed by atoms with Crippen molar-refractivity contribution in [1.29, 1.82) is 0 Å². The van der Waals surface area contributed by atoms with E-state index in [2.05, 4.69) is 10.0 Å². The Morgan fingerprint density at radius 3 is 2.60 bits per heavy atom. The fourth-order valence-electron chi connectivity index (χ4n) is 0.575. The van der Waals surface area contributed by atoms with Gasteiger partial charge < -0.3 is 10.2 Å². The fraction of sp³-hybridized carbons (Fsp3) is 1.00. The Balaban J connectivity index is 3.69. The summed E-state index contributed by atoms with van der Waals surface area (Å²) < 4.78 is 0. The van der Waals surface area contributed by atoms with E-state index in [0.717, 1.165) is 6.42 Å². The van der Waals surface area contributed by atoms with Crippen molar-refractivity contribution in [2.24, 2.45) is 5.11 Å². The first kappa shape index (κ1) is 9.23. The number of aliphatic hydroxyl groups is 2. The number of aliphatic hydroxyl groups excluding tert-OH is 2. The molecule has 0 heterocycles. The molecule has 0 unspecified atom stereocenters. The van der Waals surface area contributed by atoms with Crippen LogP contribution in [-0.2, 0) is 0 Å². The highest BCUT2D eigenvalue weighted by Gasteiger charge is 2.11. The summed E-state index contributed by atoms with van der Waals surface area (Å²) >= 11 is 0. The zero-order valence-electron chi connectivity index (χ0n) is 5.80. The van der Waals surface area contributed by atoms with Crippen molar-refractivity contribution in [3.8, 4) is 0 Å². The third kappa shape index (κ3) is 3.29. The first-order valence-corrected chi connectivity index (χ1v) is 3.12. The van der Waals surface area contributed by atoms with Gasteiger partial charge in [0, 0.05) is 4.91 Å². The molecule has 0 aromatic rings. The quantitative estimate of drug-likeness (QED) is 0.347. The van der Waals surface area contributed by atoms with Crippen molar-refractivity contribution in [2.75, 3.05) is 0 Å². The molecule has 0 aliphatic carbocycles. The Kier molecular flexibility index (Phi) is 4.66. The van der Waals surface area contributed by atoms with E-state index in [9.17, 15) is 0 Å². The van der Waals surface area contributed by atoms with Gasteiger partial charge in [-0.1, -0.05) is 18.5 Å². The van der Waals surface area contributed by atoms with E-state index >= 15 is 0 Å². The van der Waals surface area contributed by atoms with Crippen LogP contribution in [0.3, 0.4) is 0 Å². The minimum atomic E-state index is -1.30. The van der Waals surface area contributed by atoms with Crippen LogP contribution >= 0.6 is 0 Å². The van der Waals surface area contributed by atoms with Gasteiger partial charge in [0.15, 0.2) is 6.23 Å². The summed E-state index contributed by atoms with van der Waals surface area (Å²) in [6.45, 7) is 1.87. The molecule has 0 amide bonds. The molecule has 5 heteroatoms. The summed E-state index contributed by atoms with van der Waals surface area (Å²) in [7, 11) is 0. The average molecular weight is 145 g/mol. The molecule has 0 radical (unpaired) electrons. The molecule has 0 aliphatic rings. The van der Waals surface area contributed by atoms with Gasteiger partial charge in [-0.05, 0) is 12.0 Å². The Labute approximate surface area is 58.9 Å². The van der Waals surface area contributed by atoms with Gasteiger partial charge >= 0.3 is 0 Å². The van der Waals surface area contributed by atoms with Crippen LogP contribution in [0.5, 0.6) is 0 Å². The van der Waals surface area contributed by atoms with E-state index in [1.54, 1.807) is 0 Å². The van der Waals surface area contributed by atoms with Gasteiger partial charge in [-0.25, -0.2) is 0 Å². The molecule has 0 aliphatic heterocycles. The molecular formula is C5H11N3O2. The maximum Gasteiger partial charge on any atom is 0.158 e. The van der Waals surface area contributed by atoms with Crippen LogP contribution < -0.4 is 0 Å². The lowest BCUT2D eigenvalue weighted by Gasteiger charge is -2.10. The highest BCUT2D eigenvalue weighted by molar-refractivity contribution is 4.63. The first-order valence-electron chi connectivity index (χ1n) is 3.12. The molecule has 0 saturated heterocycles. The molecule has 0 spiro atoms. The highest BCUT2D eigenvalue weighted by Crippen LogP contribution is 2.02. The minimum Gasteiger partial charge on any atom is -0.390 e. The second-order valence-electron chi connectivity index (χ2n) is 1.97. The van der Waals surface area contributed by atoms with Crippen LogP contribution in [0.15, 0.2) is 5.11 Å². The number of azide groups is 1. The van der Waals surface area contributed by atoms with E-state index < -0.39 is 12.3 Å². The average Bonchev–Trinajstić information content (AvgIpc) is 1.89. The molecule has 2 N–H and O–H groups in total. The Morgan fingerprint density at radius 1 is 1.60 bits per heavy atom. The normalized spacial score (nSPS) is 15.5. The summed E-state index contributed by atoms with van der Waals surface area (Å²) in [6, 6.07) is 0. The van der Waals surface area contributed by atoms with Crippen molar-refractivity contribution in [1.82, 2.24) is 0 Å². The third-order valence-electron chi connectivity index (χ3n) is 1.10. The molecule has 0 aromatic heterocycles. The van der Waals surface area contributed by atoms with Crippen LogP contribution in [0, 0.1) is 0 Å². The van der Waals surface area contributed by atoms with Crippen molar-refractivity contribution in [3.05, 3.63) is 10.4 Å². The van der Waals surface area contributed by atoms with E-state index in [0.29, 0.717) is 6.42 Å². The second kappa shape index (κ2) is 5.05. The zero-order valence-corrected chi connectivity index (χ0v) is 5.80. The van der Waals surface area contributed by atoms with Crippen LogP contribution in [0.25, 0.3) is 10.4 Å². The molecule has 0 aromatic carbocycles. The zero-order chi connectivity index (χ0) is 7.98. The molecule has 0 rings (SSSR count). The Hall–Kier alpha value is -0.770. The van der Waals surface area contributed by atoms with Crippen molar-refractivity contribution >= 4 is 0 Å². The first-order chi connectivity index (χ1) is 4.72.